The van der Waals surface area contributed by atoms with E-state index in [2.05, 4.69) is 47.1 Å². The molecule has 0 saturated carbocycles. The molecule has 4 heteroatoms. The van der Waals surface area contributed by atoms with Crippen LogP contribution in [0, 0.1) is 5.92 Å². The van der Waals surface area contributed by atoms with Gasteiger partial charge in [-0.3, -0.25) is 0 Å². The van der Waals surface area contributed by atoms with E-state index in [-0.39, 0.29) is 0 Å². The second kappa shape index (κ2) is 6.80. The zero-order valence-corrected chi connectivity index (χ0v) is 14.5. The quantitative estimate of drug-likeness (QED) is 0.855. The molecule has 1 unspecified atom stereocenters. The number of hydrogen-bond donors (Lipinski definition) is 0. The van der Waals surface area contributed by atoms with Crippen LogP contribution in [-0.4, -0.2) is 36.1 Å². The number of aromatic nitrogens is 2. The van der Waals surface area contributed by atoms with Crippen molar-refractivity contribution in [3.05, 3.63) is 36.4 Å². The Morgan fingerprint density at radius 3 is 2.25 bits per heavy atom. The van der Waals surface area contributed by atoms with E-state index >= 15 is 0 Å². The second-order valence-corrected chi connectivity index (χ2v) is 7.16. The highest BCUT2D eigenvalue weighted by atomic mass is 15.2. The third-order valence-electron chi connectivity index (χ3n) is 5.14. The van der Waals surface area contributed by atoms with Gasteiger partial charge in [0, 0.05) is 37.8 Å². The first-order chi connectivity index (χ1) is 11.8. The lowest BCUT2D eigenvalue weighted by molar-refractivity contribution is 0.444. The van der Waals surface area contributed by atoms with E-state index in [1.165, 1.54) is 25.7 Å². The van der Waals surface area contributed by atoms with Crippen LogP contribution in [0.5, 0.6) is 0 Å². The van der Waals surface area contributed by atoms with Gasteiger partial charge in [0.1, 0.15) is 11.6 Å². The molecule has 1 atom stereocenters. The van der Waals surface area contributed by atoms with Gasteiger partial charge in [0.15, 0.2) is 5.82 Å². The van der Waals surface area contributed by atoms with E-state index in [4.69, 9.17) is 9.97 Å². The Hall–Kier alpha value is -2.10. The van der Waals surface area contributed by atoms with E-state index < -0.39 is 0 Å². The zero-order chi connectivity index (χ0) is 16.4. The van der Waals surface area contributed by atoms with Gasteiger partial charge in [0.25, 0.3) is 0 Å². The first kappa shape index (κ1) is 15.4. The summed E-state index contributed by atoms with van der Waals surface area (Å²) in [5, 5.41) is 0. The monoisotopic (exact) mass is 322 g/mol. The molecule has 1 aromatic heterocycles. The molecule has 4 rings (SSSR count). The standard InChI is InChI=1S/C20H26N4/c1-16-8-7-13-24(15-16)19-14-18(23-11-5-6-12-23)21-20(22-19)17-9-3-2-4-10-17/h2-4,9-10,14,16H,5-8,11-13,15H2,1H3. The molecule has 4 nitrogen and oxygen atoms in total. The number of rotatable bonds is 3. The molecule has 0 amide bonds. The zero-order valence-electron chi connectivity index (χ0n) is 14.5. The van der Waals surface area contributed by atoms with Gasteiger partial charge in [0.05, 0.1) is 0 Å². The topological polar surface area (TPSA) is 32.3 Å². The van der Waals surface area contributed by atoms with Crippen LogP contribution in [0.1, 0.15) is 32.6 Å². The van der Waals surface area contributed by atoms with Crippen molar-refractivity contribution in [2.24, 2.45) is 5.92 Å². The summed E-state index contributed by atoms with van der Waals surface area (Å²) in [6.45, 7) is 6.77. The Kier molecular flexibility index (Phi) is 4.37. The van der Waals surface area contributed by atoms with Crippen molar-refractivity contribution >= 4 is 11.6 Å². The second-order valence-electron chi connectivity index (χ2n) is 7.16. The van der Waals surface area contributed by atoms with Crippen LogP contribution in [0.15, 0.2) is 36.4 Å². The van der Waals surface area contributed by atoms with Crippen LogP contribution in [0.25, 0.3) is 11.4 Å². The molecule has 2 aromatic rings. The van der Waals surface area contributed by atoms with E-state index in [9.17, 15) is 0 Å². The molecule has 0 aliphatic carbocycles. The van der Waals surface area contributed by atoms with Gasteiger partial charge < -0.3 is 9.80 Å². The fourth-order valence-corrected chi connectivity index (χ4v) is 3.81. The smallest absolute Gasteiger partial charge is 0.163 e. The summed E-state index contributed by atoms with van der Waals surface area (Å²) in [5.74, 6) is 3.78. The molecule has 0 N–H and O–H groups in total. The fourth-order valence-electron chi connectivity index (χ4n) is 3.81. The van der Waals surface area contributed by atoms with Gasteiger partial charge in [-0.1, -0.05) is 37.3 Å². The van der Waals surface area contributed by atoms with Crippen LogP contribution < -0.4 is 9.80 Å². The molecule has 0 spiro atoms. The third kappa shape index (κ3) is 3.23. The molecule has 3 heterocycles. The highest BCUT2D eigenvalue weighted by Crippen LogP contribution is 2.29. The van der Waals surface area contributed by atoms with Gasteiger partial charge in [-0.05, 0) is 31.6 Å². The van der Waals surface area contributed by atoms with E-state index in [1.807, 2.05) is 6.07 Å². The van der Waals surface area contributed by atoms with Crippen LogP contribution in [-0.2, 0) is 0 Å². The van der Waals surface area contributed by atoms with Crippen LogP contribution >= 0.6 is 0 Å². The van der Waals surface area contributed by atoms with Crippen LogP contribution in [0.3, 0.4) is 0 Å². The van der Waals surface area contributed by atoms with E-state index in [1.54, 1.807) is 0 Å². The Bertz CT molecular complexity index is 679. The summed E-state index contributed by atoms with van der Waals surface area (Å²) in [5.41, 5.74) is 1.10. The van der Waals surface area contributed by atoms with E-state index in [0.29, 0.717) is 0 Å². The minimum absolute atomic E-state index is 0.740. The van der Waals surface area contributed by atoms with E-state index in [0.717, 1.165) is 55.1 Å². The molecule has 0 bridgehead atoms. The molecule has 2 fully saturated rings. The normalized spacial score (nSPS) is 21.3. The Balaban J connectivity index is 1.73. The lowest BCUT2D eigenvalue weighted by atomic mass is 10.0. The summed E-state index contributed by atoms with van der Waals surface area (Å²) >= 11 is 0. The molecule has 2 aliphatic rings. The van der Waals surface area contributed by atoms with Gasteiger partial charge in [-0.25, -0.2) is 9.97 Å². The summed E-state index contributed by atoms with van der Waals surface area (Å²) in [6.07, 6.45) is 5.11. The molecular weight excluding hydrogens is 296 g/mol. The highest BCUT2D eigenvalue weighted by Gasteiger charge is 2.21. The van der Waals surface area contributed by atoms with Crippen molar-refractivity contribution in [2.45, 2.75) is 32.6 Å². The van der Waals surface area contributed by atoms with Crippen molar-refractivity contribution in [2.75, 3.05) is 36.0 Å². The van der Waals surface area contributed by atoms with Crippen molar-refractivity contribution in [3.63, 3.8) is 0 Å². The van der Waals surface area contributed by atoms with Gasteiger partial charge >= 0.3 is 0 Å². The fraction of sp³-hybridized carbons (Fsp3) is 0.500. The lowest BCUT2D eigenvalue weighted by Gasteiger charge is -2.32. The predicted octanol–water partition coefficient (Wildman–Crippen LogP) is 3.98. The van der Waals surface area contributed by atoms with Crippen molar-refractivity contribution in [1.29, 1.82) is 0 Å². The largest absolute Gasteiger partial charge is 0.356 e. The number of anilines is 2. The van der Waals surface area contributed by atoms with Crippen molar-refractivity contribution in [3.8, 4) is 11.4 Å². The maximum atomic E-state index is 4.92. The first-order valence-electron chi connectivity index (χ1n) is 9.24. The summed E-state index contributed by atoms with van der Waals surface area (Å²) in [4.78, 5) is 14.7. The predicted molar refractivity (Wildman–Crippen MR) is 99.5 cm³/mol. The van der Waals surface area contributed by atoms with Crippen molar-refractivity contribution < 1.29 is 0 Å². The SMILES string of the molecule is CC1CCCN(c2cc(N3CCCC3)nc(-c3ccccc3)n2)C1. The van der Waals surface area contributed by atoms with Gasteiger partial charge in [-0.15, -0.1) is 0 Å². The van der Waals surface area contributed by atoms with Crippen molar-refractivity contribution in [1.82, 2.24) is 9.97 Å². The Morgan fingerprint density at radius 1 is 0.875 bits per heavy atom. The van der Waals surface area contributed by atoms with Crippen LogP contribution in [0.4, 0.5) is 11.6 Å². The highest BCUT2D eigenvalue weighted by molar-refractivity contribution is 5.62. The third-order valence-corrected chi connectivity index (χ3v) is 5.14. The molecule has 1 aromatic carbocycles. The molecule has 24 heavy (non-hydrogen) atoms. The molecule has 2 aliphatic heterocycles. The van der Waals surface area contributed by atoms with Crippen LogP contribution in [0.2, 0.25) is 0 Å². The summed E-state index contributed by atoms with van der Waals surface area (Å²) < 4.78 is 0. The minimum Gasteiger partial charge on any atom is -0.356 e. The maximum absolute atomic E-state index is 4.92. The number of piperidine rings is 1. The Labute approximate surface area is 144 Å². The van der Waals surface area contributed by atoms with Gasteiger partial charge in [-0.2, -0.15) is 0 Å². The number of nitrogens with zero attached hydrogens (tertiary/aromatic N) is 4. The summed E-state index contributed by atoms with van der Waals surface area (Å²) in [6, 6.07) is 12.6. The minimum atomic E-state index is 0.740. The summed E-state index contributed by atoms with van der Waals surface area (Å²) in [7, 11) is 0. The average molecular weight is 322 g/mol. The molecule has 0 radical (unpaired) electrons. The number of hydrogen-bond acceptors (Lipinski definition) is 4. The first-order valence-corrected chi connectivity index (χ1v) is 9.24. The average Bonchev–Trinajstić information content (AvgIpc) is 3.17. The Morgan fingerprint density at radius 2 is 1.54 bits per heavy atom. The molecular formula is C20H26N4. The van der Waals surface area contributed by atoms with Gasteiger partial charge in [0.2, 0.25) is 0 Å². The number of benzene rings is 1. The molecule has 126 valence electrons. The molecule has 2 saturated heterocycles. The lowest BCUT2D eigenvalue weighted by Crippen LogP contribution is -2.35. The maximum Gasteiger partial charge on any atom is 0.163 e.